The molecule has 0 aromatic heterocycles. The van der Waals surface area contributed by atoms with E-state index in [9.17, 15) is 19.0 Å². The highest BCUT2D eigenvalue weighted by atomic mass is 31.2. The first-order valence-electron chi connectivity index (χ1n) is 34.7. The summed E-state index contributed by atoms with van der Waals surface area (Å²) in [5, 5.41) is 0. The minimum atomic E-state index is -4.64. The van der Waals surface area contributed by atoms with Crippen LogP contribution in [-0.4, -0.2) is 70.0 Å². The highest BCUT2D eigenvalue weighted by Gasteiger charge is 2.22. The number of hydrogen-bond acceptors (Lipinski definition) is 8. The first-order valence-corrected chi connectivity index (χ1v) is 36.2. The van der Waals surface area contributed by atoms with E-state index in [0.29, 0.717) is 17.4 Å². The second-order valence-corrected chi connectivity index (χ2v) is 26.3. The predicted molar refractivity (Wildman–Crippen MR) is 342 cm³/mol. The summed E-state index contributed by atoms with van der Waals surface area (Å²) in [7, 11) is 1.16. The van der Waals surface area contributed by atoms with Crippen molar-refractivity contribution in [3.05, 3.63) is 36.5 Å². The van der Waals surface area contributed by atoms with Gasteiger partial charge in [0.15, 0.2) is 6.10 Å². The van der Waals surface area contributed by atoms with Gasteiger partial charge in [0.25, 0.3) is 7.82 Å². The van der Waals surface area contributed by atoms with Gasteiger partial charge in [-0.25, -0.2) is 0 Å². The first-order chi connectivity index (χ1) is 39.0. The zero-order chi connectivity index (χ0) is 58.4. The van der Waals surface area contributed by atoms with Crippen LogP contribution in [0.2, 0.25) is 0 Å². The Hall–Kier alpha value is -1.77. The van der Waals surface area contributed by atoms with E-state index in [4.69, 9.17) is 18.5 Å². The van der Waals surface area contributed by atoms with Crippen LogP contribution < -0.4 is 4.89 Å². The fourth-order valence-corrected chi connectivity index (χ4v) is 11.1. The molecule has 0 aromatic rings. The smallest absolute Gasteiger partial charge is 0.306 e. The number of nitrogens with zero attached hydrogens (tertiary/aromatic N) is 1. The summed E-state index contributed by atoms with van der Waals surface area (Å²) in [6.45, 7) is 4.15. The van der Waals surface area contributed by atoms with Crippen molar-refractivity contribution in [1.82, 2.24) is 0 Å². The number of quaternary nitrogens is 1. The summed E-state index contributed by atoms with van der Waals surface area (Å²) in [5.74, 6) is -0.840. The zero-order valence-corrected chi connectivity index (χ0v) is 54.7. The number of ether oxygens (including phenoxy) is 2. The number of rotatable bonds is 65. The third-order valence-electron chi connectivity index (χ3n) is 15.7. The quantitative estimate of drug-likeness (QED) is 0.0195. The van der Waals surface area contributed by atoms with Crippen LogP contribution in [0.3, 0.4) is 0 Å². The molecule has 0 amide bonds. The highest BCUT2D eigenvalue weighted by Crippen LogP contribution is 2.38. The van der Waals surface area contributed by atoms with E-state index in [0.717, 1.165) is 70.6 Å². The van der Waals surface area contributed by atoms with Gasteiger partial charge in [0.1, 0.15) is 19.8 Å². The summed E-state index contributed by atoms with van der Waals surface area (Å²) in [6.07, 6.45) is 78.5. The van der Waals surface area contributed by atoms with E-state index in [1.807, 2.05) is 21.1 Å². The number of carbonyl (C=O) groups is 2. The average molecular weight is 1150 g/mol. The Morgan fingerprint density at radius 3 is 1.06 bits per heavy atom. The molecule has 9 nitrogen and oxygen atoms in total. The van der Waals surface area contributed by atoms with Crippen LogP contribution in [-0.2, 0) is 32.7 Å². The van der Waals surface area contributed by atoms with Gasteiger partial charge in [-0.05, 0) is 44.9 Å². The van der Waals surface area contributed by atoms with E-state index in [2.05, 4.69) is 50.3 Å². The fraction of sp³-hybridized carbons (Fsp3) is 0.886. The van der Waals surface area contributed by atoms with E-state index in [-0.39, 0.29) is 32.0 Å². The van der Waals surface area contributed by atoms with E-state index in [1.54, 1.807) is 0 Å². The number of esters is 2. The lowest BCUT2D eigenvalue weighted by molar-refractivity contribution is -0.870. The van der Waals surface area contributed by atoms with Crippen molar-refractivity contribution in [2.24, 2.45) is 0 Å². The van der Waals surface area contributed by atoms with Crippen LogP contribution in [0.15, 0.2) is 36.5 Å². The number of likely N-dealkylation sites (N-methyl/N-ethyl adjacent to an activating group) is 1. The Labute approximate surface area is 497 Å². The van der Waals surface area contributed by atoms with Crippen LogP contribution in [0.5, 0.6) is 0 Å². The van der Waals surface area contributed by atoms with Gasteiger partial charge >= 0.3 is 11.9 Å². The summed E-state index contributed by atoms with van der Waals surface area (Å²) < 4.78 is 34.2. The molecule has 80 heavy (non-hydrogen) atoms. The summed E-state index contributed by atoms with van der Waals surface area (Å²) in [6, 6.07) is 0. The van der Waals surface area contributed by atoms with Crippen molar-refractivity contribution in [2.75, 3.05) is 47.5 Å². The third-order valence-corrected chi connectivity index (χ3v) is 16.6. The van der Waals surface area contributed by atoms with E-state index >= 15 is 0 Å². The molecule has 0 radical (unpaired) electrons. The topological polar surface area (TPSA) is 111 Å². The van der Waals surface area contributed by atoms with Crippen molar-refractivity contribution in [1.29, 1.82) is 0 Å². The van der Waals surface area contributed by atoms with Gasteiger partial charge in [-0.2, -0.15) is 0 Å². The summed E-state index contributed by atoms with van der Waals surface area (Å²) in [5.41, 5.74) is 0. The molecule has 0 heterocycles. The molecule has 0 aliphatic carbocycles. The van der Waals surface area contributed by atoms with Gasteiger partial charge in [-0.15, -0.1) is 0 Å². The number of phosphoric ester groups is 1. The molecule has 0 fully saturated rings. The molecule has 0 bridgehead atoms. The lowest BCUT2D eigenvalue weighted by Gasteiger charge is -2.28. The Balaban J connectivity index is 3.81. The highest BCUT2D eigenvalue weighted by molar-refractivity contribution is 7.45. The molecule has 0 N–H and O–H groups in total. The second kappa shape index (κ2) is 61.8. The molecule has 0 aliphatic rings. The molecular weight excluding hydrogens is 1010 g/mol. The minimum Gasteiger partial charge on any atom is -0.756 e. The molecule has 0 aliphatic heterocycles. The van der Waals surface area contributed by atoms with Crippen LogP contribution in [0.1, 0.15) is 348 Å². The zero-order valence-electron chi connectivity index (χ0n) is 53.8. The summed E-state index contributed by atoms with van der Waals surface area (Å²) >= 11 is 0. The van der Waals surface area contributed by atoms with Crippen molar-refractivity contribution >= 4 is 19.8 Å². The molecule has 0 saturated carbocycles. The lowest BCUT2D eigenvalue weighted by Crippen LogP contribution is -2.37. The predicted octanol–water partition coefficient (Wildman–Crippen LogP) is 21.6. The number of unbranched alkanes of at least 4 members (excludes halogenated alkanes) is 45. The minimum absolute atomic E-state index is 0.0334. The lowest BCUT2D eigenvalue weighted by atomic mass is 10.0. The van der Waals surface area contributed by atoms with Crippen molar-refractivity contribution in [3.63, 3.8) is 0 Å². The van der Waals surface area contributed by atoms with Crippen LogP contribution >= 0.6 is 7.82 Å². The maximum Gasteiger partial charge on any atom is 0.306 e. The van der Waals surface area contributed by atoms with Crippen LogP contribution in [0.4, 0.5) is 0 Å². The van der Waals surface area contributed by atoms with Crippen molar-refractivity contribution < 1.29 is 42.1 Å². The molecule has 0 aromatic carbocycles. The van der Waals surface area contributed by atoms with Gasteiger partial charge in [0.05, 0.1) is 27.7 Å². The van der Waals surface area contributed by atoms with Crippen LogP contribution in [0.25, 0.3) is 0 Å². The molecule has 2 atom stereocenters. The monoisotopic (exact) mass is 1150 g/mol. The fourth-order valence-electron chi connectivity index (χ4n) is 10.4. The Morgan fingerprint density at radius 2 is 0.713 bits per heavy atom. The van der Waals surface area contributed by atoms with E-state index in [1.165, 1.54) is 244 Å². The number of allylic oxidation sites excluding steroid dienone is 6. The van der Waals surface area contributed by atoms with Crippen molar-refractivity contribution in [3.8, 4) is 0 Å². The van der Waals surface area contributed by atoms with E-state index < -0.39 is 26.5 Å². The Morgan fingerprint density at radius 1 is 0.400 bits per heavy atom. The molecule has 472 valence electrons. The Bertz CT molecular complexity index is 1440. The number of hydrogen-bond donors (Lipinski definition) is 0. The molecule has 10 heteroatoms. The molecule has 0 rings (SSSR count). The van der Waals surface area contributed by atoms with Crippen LogP contribution in [0, 0.1) is 0 Å². The standard InChI is InChI=1S/C70H134NO8P/c1-6-8-10-12-14-16-18-20-22-23-24-25-26-27-28-29-30-31-32-33-34-35-36-37-38-39-40-41-42-43-44-45-46-47-49-50-52-54-56-58-60-62-69(72)76-66-68(67-78-80(74,75)77-65-64-71(3,4)5)79-70(73)63-61-59-57-55-53-51-48-21-19-17-15-13-11-9-7-2/h9,11,15,17,21,48,68H,6-8,10,12-14,16,18-20,22-47,49-67H2,1-5H3/b11-9-,17-15-,48-21-. The van der Waals surface area contributed by atoms with Gasteiger partial charge in [-0.1, -0.05) is 326 Å². The van der Waals surface area contributed by atoms with Gasteiger partial charge in [-0.3, -0.25) is 14.2 Å². The summed E-state index contributed by atoms with van der Waals surface area (Å²) in [4.78, 5) is 37.9. The SMILES string of the molecule is CC/C=C\C/C=C\C/C=C\CCCCCCCC(=O)OC(COC(=O)CCCCCCCCCCCCCCCCCCCCCCCCCCCCCCCCCCCCCCCCCCC)COP(=O)([O-])OCC[N+](C)(C)C. The van der Waals surface area contributed by atoms with Gasteiger partial charge < -0.3 is 27.9 Å². The molecule has 0 saturated heterocycles. The molecule has 0 spiro atoms. The van der Waals surface area contributed by atoms with Gasteiger partial charge in [0, 0.05) is 12.8 Å². The second-order valence-electron chi connectivity index (χ2n) is 24.9. The first kappa shape index (κ1) is 78.2. The maximum absolute atomic E-state index is 12.8. The number of phosphoric acid groups is 1. The van der Waals surface area contributed by atoms with Gasteiger partial charge in [0.2, 0.25) is 0 Å². The average Bonchev–Trinajstić information content (AvgIpc) is 3.42. The van der Waals surface area contributed by atoms with Crippen molar-refractivity contribution in [2.45, 2.75) is 354 Å². The largest absolute Gasteiger partial charge is 0.756 e. The molecule has 2 unspecified atom stereocenters. The maximum atomic E-state index is 12.8. The normalized spacial score (nSPS) is 13.3. The number of carbonyl (C=O) groups excluding carboxylic acids is 2. The third kappa shape index (κ3) is 65.4. The Kier molecular flexibility index (Phi) is 60.4. The molecular formula is C70H134NO8P.